The van der Waals surface area contributed by atoms with Crippen molar-refractivity contribution in [3.05, 3.63) is 84.3 Å². The van der Waals surface area contributed by atoms with E-state index in [2.05, 4.69) is 31.0 Å². The van der Waals surface area contributed by atoms with E-state index in [1.165, 1.54) is 41.1 Å². The smallest absolute Gasteiger partial charge is 0.268 e. The van der Waals surface area contributed by atoms with Gasteiger partial charge in [-0.05, 0) is 68.1 Å². The van der Waals surface area contributed by atoms with Crippen LogP contribution in [0.15, 0.2) is 72.3 Å². The number of anilines is 1. The molecule has 4 aromatic heterocycles. The molecule has 0 N–H and O–H groups in total. The third-order valence-electron chi connectivity index (χ3n) is 7.10. The fraction of sp³-hybridized carbons (Fsp3) is 0.214. The van der Waals surface area contributed by atoms with Crippen molar-refractivity contribution >= 4 is 26.9 Å². The van der Waals surface area contributed by atoms with Crippen molar-refractivity contribution < 1.29 is 12.8 Å². The molecule has 200 valence electrons. The first-order valence-corrected chi connectivity index (χ1v) is 14.1. The monoisotopic (exact) mass is 554 g/mol. The fourth-order valence-corrected chi connectivity index (χ4v) is 6.50. The van der Waals surface area contributed by atoms with E-state index < -0.39 is 21.4 Å². The lowest BCUT2D eigenvalue weighted by atomic mass is 10.1. The summed E-state index contributed by atoms with van der Waals surface area (Å²) in [6.45, 7) is 3.69. The highest BCUT2D eigenvalue weighted by molar-refractivity contribution is 7.92. The summed E-state index contributed by atoms with van der Waals surface area (Å²) in [5.74, 6) is -0.0611. The second-order valence-corrected chi connectivity index (χ2v) is 11.5. The maximum absolute atomic E-state index is 14.8. The summed E-state index contributed by atoms with van der Waals surface area (Å²) in [6.07, 6.45) is 9.18. The Morgan fingerprint density at radius 3 is 2.30 bits per heavy atom. The van der Waals surface area contributed by atoms with Crippen LogP contribution < -0.4 is 4.31 Å². The number of halogens is 1. The van der Waals surface area contributed by atoms with Gasteiger partial charge >= 0.3 is 0 Å². The van der Waals surface area contributed by atoms with Crippen molar-refractivity contribution in [1.82, 2.24) is 29.5 Å². The van der Waals surface area contributed by atoms with Gasteiger partial charge in [0.2, 0.25) is 11.9 Å². The van der Waals surface area contributed by atoms with Crippen molar-refractivity contribution in [3.63, 3.8) is 0 Å². The first-order valence-electron chi connectivity index (χ1n) is 12.6. The number of rotatable bonds is 7. The number of aryl methyl sites for hydroxylation is 1. The molecule has 10 nitrogen and oxygen atoms in total. The molecule has 1 saturated carbocycles. The lowest BCUT2D eigenvalue weighted by Gasteiger charge is -2.28. The summed E-state index contributed by atoms with van der Waals surface area (Å²) in [6, 6.07) is 11.4. The van der Waals surface area contributed by atoms with Gasteiger partial charge in [0.15, 0.2) is 0 Å². The zero-order valence-corrected chi connectivity index (χ0v) is 22.5. The number of aromatic nitrogens is 6. The summed E-state index contributed by atoms with van der Waals surface area (Å²) < 4.78 is 45.4. The minimum absolute atomic E-state index is 0.0479. The summed E-state index contributed by atoms with van der Waals surface area (Å²) in [7, 11) is -4.07. The van der Waals surface area contributed by atoms with Crippen molar-refractivity contribution in [1.29, 1.82) is 5.26 Å². The Hall–Kier alpha value is -4.76. The first kappa shape index (κ1) is 25.5. The Labute approximate surface area is 229 Å². The molecule has 12 heteroatoms. The molecule has 1 fully saturated rings. The van der Waals surface area contributed by atoms with Gasteiger partial charge in [-0.3, -0.25) is 9.55 Å². The highest BCUT2D eigenvalue weighted by Gasteiger charge is 2.51. The lowest BCUT2D eigenvalue weighted by Crippen LogP contribution is -2.41. The van der Waals surface area contributed by atoms with E-state index >= 15 is 0 Å². The molecule has 4 heterocycles. The Morgan fingerprint density at radius 2 is 1.73 bits per heavy atom. The summed E-state index contributed by atoms with van der Waals surface area (Å²) in [4.78, 5) is 21.5. The van der Waals surface area contributed by atoms with Gasteiger partial charge in [-0.2, -0.15) is 5.26 Å². The summed E-state index contributed by atoms with van der Waals surface area (Å²) in [5.41, 5.74) is 1.20. The summed E-state index contributed by atoms with van der Waals surface area (Å²) in [5, 5.41) is 10.5. The van der Waals surface area contributed by atoms with Crippen LogP contribution in [-0.2, 0) is 16.4 Å². The number of nitrogens with zero attached hydrogens (tertiary/aromatic N) is 8. The fourth-order valence-electron chi connectivity index (χ4n) is 4.79. The first-order chi connectivity index (χ1) is 19.3. The zero-order valence-electron chi connectivity index (χ0n) is 21.7. The Bertz CT molecular complexity index is 1880. The van der Waals surface area contributed by atoms with Gasteiger partial charge in [-0.1, -0.05) is 6.92 Å². The Kier molecular flexibility index (Phi) is 6.03. The van der Waals surface area contributed by atoms with Crippen molar-refractivity contribution in [2.24, 2.45) is 0 Å². The van der Waals surface area contributed by atoms with Gasteiger partial charge in [0.1, 0.15) is 16.8 Å². The van der Waals surface area contributed by atoms with Gasteiger partial charge < -0.3 is 0 Å². The quantitative estimate of drug-likeness (QED) is 0.285. The van der Waals surface area contributed by atoms with Crippen LogP contribution in [0.4, 0.5) is 10.3 Å². The van der Waals surface area contributed by atoms with E-state index in [1.54, 1.807) is 35.2 Å². The third kappa shape index (κ3) is 4.06. The average Bonchev–Trinajstić information content (AvgIpc) is 3.62. The van der Waals surface area contributed by atoms with E-state index in [9.17, 15) is 18.1 Å². The van der Waals surface area contributed by atoms with Gasteiger partial charge in [-0.15, -0.1) is 0 Å². The van der Waals surface area contributed by atoms with Crippen LogP contribution in [0.5, 0.6) is 0 Å². The molecule has 0 spiro atoms. The number of hydrogen-bond donors (Lipinski definition) is 0. The molecule has 1 aliphatic rings. The lowest BCUT2D eigenvalue weighted by molar-refractivity contribution is 0.575. The van der Waals surface area contributed by atoms with Crippen LogP contribution in [0.3, 0.4) is 0 Å². The van der Waals surface area contributed by atoms with Crippen LogP contribution in [0.1, 0.15) is 37.8 Å². The highest BCUT2D eigenvalue weighted by Crippen LogP contribution is 2.45. The molecular weight excluding hydrogens is 531 g/mol. The predicted octanol–water partition coefficient (Wildman–Crippen LogP) is 4.59. The third-order valence-corrected chi connectivity index (χ3v) is 9.02. The molecule has 1 aliphatic carbocycles. The molecule has 0 atom stereocenters. The van der Waals surface area contributed by atoms with Crippen molar-refractivity contribution in [2.75, 3.05) is 4.31 Å². The van der Waals surface area contributed by atoms with E-state index in [1.807, 2.05) is 13.8 Å². The molecule has 1 aromatic carbocycles. The topological polar surface area (TPSA) is 131 Å². The predicted molar refractivity (Wildman–Crippen MR) is 145 cm³/mol. The molecule has 6 rings (SSSR count). The largest absolute Gasteiger partial charge is 0.275 e. The highest BCUT2D eigenvalue weighted by atomic mass is 32.2. The molecule has 0 radical (unpaired) electrons. The summed E-state index contributed by atoms with van der Waals surface area (Å²) >= 11 is 0. The molecule has 5 aromatic rings. The minimum atomic E-state index is -4.07. The van der Waals surface area contributed by atoms with Gasteiger partial charge in [0.25, 0.3) is 10.0 Å². The molecule has 0 unspecified atom stereocenters. The van der Waals surface area contributed by atoms with Crippen molar-refractivity contribution in [3.8, 4) is 23.4 Å². The molecule has 0 saturated heterocycles. The molecule has 0 bridgehead atoms. The maximum Gasteiger partial charge on any atom is 0.268 e. The number of sulfonamides is 1. The second-order valence-electron chi connectivity index (χ2n) is 9.73. The van der Waals surface area contributed by atoms with Crippen LogP contribution in [0.25, 0.3) is 28.2 Å². The SMILES string of the molecule is CCc1cc2c(cc1F)c(C#N)c(-c1ccc(S(=O)(=O)N(c3ncccn3)C3(C)CC3)cn1)n2-c1ncccn1. The maximum atomic E-state index is 14.8. The van der Waals surface area contributed by atoms with Gasteiger partial charge in [0.05, 0.1) is 28.0 Å². The molecule has 40 heavy (non-hydrogen) atoms. The van der Waals surface area contributed by atoms with E-state index in [0.29, 0.717) is 47.1 Å². The zero-order chi connectivity index (χ0) is 28.1. The number of fused-ring (bicyclic) bond motifs is 1. The standard InChI is InChI=1S/C28H23FN8O2S/c1-3-18-14-24-20(15-22(18)29)21(16-30)25(36(24)26-31-10-4-11-32-26)23-7-6-19(17-35-23)40(38,39)37(28(2)8-9-28)27-33-12-5-13-34-27/h4-7,10-15,17H,3,8-9H2,1-2H3. The molecule has 0 amide bonds. The number of nitriles is 1. The minimum Gasteiger partial charge on any atom is -0.275 e. The Morgan fingerprint density at radius 1 is 1.05 bits per heavy atom. The van der Waals surface area contributed by atoms with E-state index in [4.69, 9.17) is 0 Å². The molecule has 0 aliphatic heterocycles. The van der Waals surface area contributed by atoms with Crippen molar-refractivity contribution in [2.45, 2.75) is 43.5 Å². The van der Waals surface area contributed by atoms with Crippen LogP contribution >= 0.6 is 0 Å². The van der Waals surface area contributed by atoms with Crippen LogP contribution in [0, 0.1) is 17.1 Å². The second kappa shape index (κ2) is 9.46. The van der Waals surface area contributed by atoms with Crippen LogP contribution in [-0.4, -0.2) is 43.4 Å². The number of pyridine rings is 1. The number of hydrogen-bond acceptors (Lipinski definition) is 8. The van der Waals surface area contributed by atoms with Crippen LogP contribution in [0.2, 0.25) is 0 Å². The normalized spacial score (nSPS) is 14.2. The molecular formula is C28H23FN8O2S. The number of benzene rings is 1. The van der Waals surface area contributed by atoms with Gasteiger partial charge in [0, 0.05) is 36.4 Å². The van der Waals surface area contributed by atoms with E-state index in [-0.39, 0.29) is 22.4 Å². The Balaban J connectivity index is 1.53. The van der Waals surface area contributed by atoms with Gasteiger partial charge in [-0.25, -0.2) is 37.0 Å². The van der Waals surface area contributed by atoms with E-state index in [0.717, 1.165) is 0 Å². The average molecular weight is 555 g/mol.